The third-order valence-corrected chi connectivity index (χ3v) is 6.86. The Morgan fingerprint density at radius 2 is 1.53 bits per heavy atom. The predicted molar refractivity (Wildman–Crippen MR) is 161 cm³/mol. The summed E-state index contributed by atoms with van der Waals surface area (Å²) >= 11 is 5.46. The van der Waals surface area contributed by atoms with Crippen molar-refractivity contribution in [2.24, 2.45) is 17.3 Å². The fourth-order valence-electron chi connectivity index (χ4n) is 4.09. The Balaban J connectivity index is 2.35. The molecule has 0 aromatic carbocycles. The van der Waals surface area contributed by atoms with E-state index < -0.39 is 35.2 Å². The van der Waals surface area contributed by atoms with E-state index in [0.717, 1.165) is 0 Å². The highest BCUT2D eigenvalue weighted by molar-refractivity contribution is 7.80. The number of nitrogens with one attached hydrogen (secondary N) is 3. The van der Waals surface area contributed by atoms with Gasteiger partial charge < -0.3 is 30.3 Å². The number of nitrogens with zero attached hydrogens (tertiary/aromatic N) is 1. The molecule has 0 bridgehead atoms. The molecule has 2 atom stereocenters. The van der Waals surface area contributed by atoms with Crippen LogP contribution in [0.15, 0.2) is 0 Å². The van der Waals surface area contributed by atoms with Gasteiger partial charge >= 0.3 is 5.97 Å². The van der Waals surface area contributed by atoms with Crippen LogP contribution < -0.4 is 16.0 Å². The van der Waals surface area contributed by atoms with Gasteiger partial charge in [0.25, 0.3) is 11.8 Å². The molecule has 1 aliphatic rings. The van der Waals surface area contributed by atoms with E-state index in [1.807, 2.05) is 34.6 Å². The average molecular weight is 629 g/mol. The van der Waals surface area contributed by atoms with E-state index in [1.165, 1.54) is 6.92 Å². The Morgan fingerprint density at radius 3 is 2.09 bits per heavy atom. The van der Waals surface area contributed by atoms with Crippen molar-refractivity contribution in [2.75, 3.05) is 39.5 Å². The Kier molecular flexibility index (Phi) is 17.1. The van der Waals surface area contributed by atoms with E-state index in [0.29, 0.717) is 49.0 Å². The first-order valence-corrected chi connectivity index (χ1v) is 15.1. The van der Waals surface area contributed by atoms with Crippen molar-refractivity contribution >= 4 is 52.6 Å². The molecule has 0 aliphatic carbocycles. The van der Waals surface area contributed by atoms with E-state index in [9.17, 15) is 28.8 Å². The van der Waals surface area contributed by atoms with Crippen LogP contribution >= 0.6 is 12.2 Å². The van der Waals surface area contributed by atoms with Gasteiger partial charge in [0.2, 0.25) is 11.8 Å². The average Bonchev–Trinajstić information content (AvgIpc) is 3.23. The zero-order valence-corrected chi connectivity index (χ0v) is 27.1. The molecule has 0 aromatic heterocycles. The van der Waals surface area contributed by atoms with Crippen molar-refractivity contribution in [3.05, 3.63) is 0 Å². The first-order chi connectivity index (χ1) is 20.1. The number of carbonyl (C=O) groups is 6. The van der Waals surface area contributed by atoms with Gasteiger partial charge in [0, 0.05) is 50.6 Å². The van der Waals surface area contributed by atoms with Crippen molar-refractivity contribution in [3.63, 3.8) is 0 Å². The van der Waals surface area contributed by atoms with Crippen LogP contribution in [-0.4, -0.2) is 91.0 Å². The molecule has 0 radical (unpaired) electrons. The minimum atomic E-state index is -0.728. The molecule has 43 heavy (non-hydrogen) atoms. The molecule has 13 nitrogen and oxygen atoms in total. The third kappa shape index (κ3) is 15.4. The van der Waals surface area contributed by atoms with E-state index >= 15 is 0 Å². The number of carbonyl (C=O) groups excluding carboxylic acids is 6. The number of hydrogen-bond acceptors (Lipinski definition) is 10. The van der Waals surface area contributed by atoms with Crippen LogP contribution in [0, 0.1) is 17.3 Å². The van der Waals surface area contributed by atoms with Gasteiger partial charge in [0.15, 0.2) is 5.78 Å². The maximum Gasteiger partial charge on any atom is 0.335 e. The highest BCUT2D eigenvalue weighted by atomic mass is 32.1. The lowest BCUT2D eigenvalue weighted by atomic mass is 9.84. The molecule has 0 unspecified atom stereocenters. The quantitative estimate of drug-likeness (QED) is 0.102. The molecule has 1 fully saturated rings. The summed E-state index contributed by atoms with van der Waals surface area (Å²) in [6, 6.07) is -0.663. The monoisotopic (exact) mass is 628 g/mol. The Hall–Kier alpha value is -2.97. The van der Waals surface area contributed by atoms with E-state index in [4.69, 9.17) is 26.5 Å². The molecular weight excluding hydrogens is 580 g/mol. The maximum absolute atomic E-state index is 13.2. The Morgan fingerprint density at radius 1 is 0.930 bits per heavy atom. The smallest absolute Gasteiger partial charge is 0.335 e. The number of rotatable bonds is 20. The summed E-state index contributed by atoms with van der Waals surface area (Å²) in [4.78, 5) is 77.3. The molecule has 4 amide bonds. The Bertz CT molecular complexity index is 981. The summed E-state index contributed by atoms with van der Waals surface area (Å²) < 4.78 is 10.8. The van der Waals surface area contributed by atoms with Gasteiger partial charge in [-0.2, -0.15) is 0 Å². The van der Waals surface area contributed by atoms with Gasteiger partial charge in [-0.3, -0.25) is 24.0 Å². The van der Waals surface area contributed by atoms with Gasteiger partial charge in [-0.25, -0.2) is 4.79 Å². The van der Waals surface area contributed by atoms with Gasteiger partial charge in [-0.05, 0) is 18.8 Å². The highest BCUT2D eigenvalue weighted by Crippen LogP contribution is 2.21. The summed E-state index contributed by atoms with van der Waals surface area (Å²) in [7, 11) is 0. The number of imide groups is 1. The molecule has 0 aromatic rings. The highest BCUT2D eigenvalue weighted by Gasteiger charge is 2.34. The molecular formula is C29H48N4O9S. The van der Waals surface area contributed by atoms with Crippen molar-refractivity contribution < 1.29 is 43.1 Å². The fraction of sp³-hybridized carbons (Fsp3) is 0.759. The normalized spacial score (nSPS) is 14.8. The van der Waals surface area contributed by atoms with Crippen molar-refractivity contribution in [2.45, 2.75) is 86.1 Å². The molecule has 0 saturated carbocycles. The van der Waals surface area contributed by atoms with E-state index in [2.05, 4.69) is 16.0 Å². The maximum atomic E-state index is 13.2. The van der Waals surface area contributed by atoms with Crippen LogP contribution in [-0.2, 0) is 43.1 Å². The van der Waals surface area contributed by atoms with Gasteiger partial charge in [0.05, 0.1) is 43.9 Å². The van der Waals surface area contributed by atoms with Crippen molar-refractivity contribution in [3.8, 4) is 0 Å². The third-order valence-electron chi connectivity index (χ3n) is 6.55. The van der Waals surface area contributed by atoms with Crippen LogP contribution in [0.5, 0.6) is 0 Å². The van der Waals surface area contributed by atoms with Gasteiger partial charge in [-0.15, -0.1) is 5.06 Å². The summed E-state index contributed by atoms with van der Waals surface area (Å²) in [5.74, 6) is -2.70. The van der Waals surface area contributed by atoms with Gasteiger partial charge in [-0.1, -0.05) is 46.8 Å². The molecule has 1 heterocycles. The molecule has 244 valence electrons. The summed E-state index contributed by atoms with van der Waals surface area (Å²) in [6.07, 6.45) is 1.25. The fourth-order valence-corrected chi connectivity index (χ4v) is 4.37. The summed E-state index contributed by atoms with van der Waals surface area (Å²) in [6.45, 7) is 12.5. The number of amides is 4. The topological polar surface area (TPSA) is 169 Å². The molecule has 1 aliphatic heterocycles. The Labute approximate surface area is 259 Å². The SMILES string of the molecule is CC(=O)NCCC[C@H](NC(=O)[C@@H](CC(=S)NCCOCCOCCC(=O)ON1C(=O)CCC1=O)C(C)C)C(=O)C(C)(C)C. The minimum absolute atomic E-state index is 0.0217. The predicted octanol–water partition coefficient (Wildman–Crippen LogP) is 1.61. The lowest BCUT2D eigenvalue weighted by molar-refractivity contribution is -0.198. The summed E-state index contributed by atoms with van der Waals surface area (Å²) in [5, 5.41) is 9.25. The molecule has 0 spiro atoms. The van der Waals surface area contributed by atoms with E-state index in [-0.39, 0.29) is 62.6 Å². The molecule has 1 rings (SSSR count). The lowest BCUT2D eigenvalue weighted by Crippen LogP contribution is -2.49. The van der Waals surface area contributed by atoms with E-state index in [1.54, 1.807) is 0 Å². The molecule has 1 saturated heterocycles. The van der Waals surface area contributed by atoms with Crippen molar-refractivity contribution in [1.29, 1.82) is 0 Å². The largest absolute Gasteiger partial charge is 0.378 e. The molecule has 14 heteroatoms. The second kappa shape index (κ2) is 19.3. The second-order valence-electron chi connectivity index (χ2n) is 11.7. The van der Waals surface area contributed by atoms with Crippen LogP contribution in [0.3, 0.4) is 0 Å². The number of ether oxygens (including phenoxy) is 2. The summed E-state index contributed by atoms with van der Waals surface area (Å²) in [5.41, 5.74) is -0.635. The molecule has 3 N–H and O–H groups in total. The standard InChI is InChI=1S/C29H48N4O9S/c1-19(2)21(28(39)32-22(27(38)29(4,5)6)8-7-12-30-20(3)34)18-23(43)31-13-15-41-17-16-40-14-11-26(37)42-33-24(35)9-10-25(33)36/h19,21-22H,7-18H2,1-6H3,(H,30,34)(H,31,43)(H,32,39)/t21-,22-/m0/s1. The first-order valence-electron chi connectivity index (χ1n) is 14.7. The van der Waals surface area contributed by atoms with Crippen LogP contribution in [0.4, 0.5) is 0 Å². The second-order valence-corrected chi connectivity index (χ2v) is 12.2. The number of Topliss-reactive ketones (excluding diaryl/α,β-unsaturated/α-hetero) is 1. The lowest BCUT2D eigenvalue weighted by Gasteiger charge is -2.28. The number of ketones is 1. The first kappa shape index (κ1) is 38.1. The number of hydroxylamine groups is 2. The van der Waals surface area contributed by atoms with Crippen molar-refractivity contribution in [1.82, 2.24) is 21.0 Å². The van der Waals surface area contributed by atoms with Gasteiger partial charge in [0.1, 0.15) is 0 Å². The van der Waals surface area contributed by atoms with Crippen LogP contribution in [0.25, 0.3) is 0 Å². The number of hydrogen-bond donors (Lipinski definition) is 3. The zero-order valence-electron chi connectivity index (χ0n) is 26.2. The minimum Gasteiger partial charge on any atom is -0.378 e. The van der Waals surface area contributed by atoms with Crippen LogP contribution in [0.1, 0.15) is 80.1 Å². The number of thiocarbonyl (C=S) groups is 1. The van der Waals surface area contributed by atoms with Crippen LogP contribution in [0.2, 0.25) is 0 Å². The zero-order chi connectivity index (χ0) is 32.6.